The van der Waals surface area contributed by atoms with E-state index in [9.17, 15) is 9.59 Å². The number of amides is 1. The van der Waals surface area contributed by atoms with Gasteiger partial charge in [-0.2, -0.15) is 0 Å². The molecule has 0 N–H and O–H groups in total. The van der Waals surface area contributed by atoms with Gasteiger partial charge in [-0.1, -0.05) is 19.1 Å². The number of benzene rings is 1. The quantitative estimate of drug-likeness (QED) is 0.802. The fourth-order valence-corrected chi connectivity index (χ4v) is 3.96. The second-order valence-electron chi connectivity index (χ2n) is 6.94. The molecule has 3 aliphatic heterocycles. The van der Waals surface area contributed by atoms with Crippen LogP contribution in [-0.2, 0) is 0 Å². The van der Waals surface area contributed by atoms with E-state index < -0.39 is 0 Å². The summed E-state index contributed by atoms with van der Waals surface area (Å²) in [6, 6.07) is 7.63. The van der Waals surface area contributed by atoms with Crippen LogP contribution in [0.25, 0.3) is 0 Å². The first kappa shape index (κ1) is 16.2. The molecule has 0 aliphatic carbocycles. The largest absolute Gasteiger partial charge is 0.337 e. The second-order valence-corrected chi connectivity index (χ2v) is 6.94. The minimum atomic E-state index is 0.00436. The number of ketones is 1. The molecule has 23 heavy (non-hydrogen) atoms. The van der Waals surface area contributed by atoms with Gasteiger partial charge in [0, 0.05) is 36.8 Å². The normalized spacial score (nSPS) is 24.5. The number of piperidine rings is 1. The van der Waals surface area contributed by atoms with Crippen LogP contribution in [0.2, 0.25) is 0 Å². The Balaban J connectivity index is 1.78. The zero-order valence-electron chi connectivity index (χ0n) is 14.1. The lowest BCUT2D eigenvalue weighted by atomic mass is 9.95. The summed E-state index contributed by atoms with van der Waals surface area (Å²) in [4.78, 5) is 29.0. The third-order valence-corrected chi connectivity index (χ3v) is 5.14. The van der Waals surface area contributed by atoms with Crippen molar-refractivity contribution in [3.8, 4) is 0 Å². The molecule has 2 bridgehead atoms. The van der Waals surface area contributed by atoms with E-state index in [4.69, 9.17) is 0 Å². The maximum absolute atomic E-state index is 12.9. The number of fused-ring (bicyclic) bond motifs is 4. The van der Waals surface area contributed by atoms with Crippen molar-refractivity contribution in [3.63, 3.8) is 0 Å². The third-order valence-electron chi connectivity index (χ3n) is 5.14. The van der Waals surface area contributed by atoms with Crippen LogP contribution in [0, 0.1) is 5.92 Å². The number of carbonyl (C=O) groups excluding carboxylic acids is 2. The van der Waals surface area contributed by atoms with Crippen molar-refractivity contribution in [2.75, 3.05) is 26.2 Å². The van der Waals surface area contributed by atoms with Crippen molar-refractivity contribution in [1.82, 2.24) is 9.80 Å². The lowest BCUT2D eigenvalue weighted by molar-refractivity contribution is 0.0738. The Hall–Kier alpha value is -1.68. The van der Waals surface area contributed by atoms with Crippen LogP contribution >= 0.6 is 0 Å². The Bertz CT molecular complexity index is 599. The minimum absolute atomic E-state index is 0.00436. The van der Waals surface area contributed by atoms with Crippen molar-refractivity contribution in [2.45, 2.75) is 39.2 Å². The molecule has 3 fully saturated rings. The van der Waals surface area contributed by atoms with Crippen LogP contribution in [0.1, 0.15) is 53.8 Å². The van der Waals surface area contributed by atoms with Gasteiger partial charge in [0.15, 0.2) is 5.78 Å². The highest BCUT2D eigenvalue weighted by Crippen LogP contribution is 2.28. The molecule has 4 heteroatoms. The first-order valence-corrected chi connectivity index (χ1v) is 8.72. The van der Waals surface area contributed by atoms with Crippen LogP contribution in [0.3, 0.4) is 0 Å². The average molecular weight is 314 g/mol. The molecule has 2 atom stereocenters. The van der Waals surface area contributed by atoms with E-state index in [1.807, 2.05) is 11.0 Å². The Kier molecular flexibility index (Phi) is 4.81. The van der Waals surface area contributed by atoms with Crippen LogP contribution in [0.5, 0.6) is 0 Å². The maximum atomic E-state index is 12.9. The van der Waals surface area contributed by atoms with Crippen LogP contribution in [0.4, 0.5) is 0 Å². The molecule has 3 saturated heterocycles. The van der Waals surface area contributed by atoms with E-state index in [-0.39, 0.29) is 11.7 Å². The van der Waals surface area contributed by atoms with Gasteiger partial charge in [0.2, 0.25) is 0 Å². The second kappa shape index (κ2) is 6.83. The van der Waals surface area contributed by atoms with Crippen molar-refractivity contribution < 1.29 is 9.59 Å². The molecule has 0 aromatic heterocycles. The Morgan fingerprint density at radius 2 is 1.91 bits per heavy atom. The van der Waals surface area contributed by atoms with E-state index >= 15 is 0 Å². The van der Waals surface area contributed by atoms with E-state index in [0.717, 1.165) is 32.6 Å². The van der Waals surface area contributed by atoms with Crippen molar-refractivity contribution in [1.29, 1.82) is 0 Å². The highest BCUT2D eigenvalue weighted by Gasteiger charge is 2.36. The first-order chi connectivity index (χ1) is 11.1. The summed E-state index contributed by atoms with van der Waals surface area (Å²) in [6.45, 7) is 7.67. The summed E-state index contributed by atoms with van der Waals surface area (Å²) in [5.41, 5.74) is 1.25. The lowest BCUT2D eigenvalue weighted by Gasteiger charge is -2.35. The molecule has 0 saturated carbocycles. The molecule has 124 valence electrons. The van der Waals surface area contributed by atoms with Crippen LogP contribution in [0.15, 0.2) is 24.3 Å². The predicted molar refractivity (Wildman–Crippen MR) is 90.7 cm³/mol. The van der Waals surface area contributed by atoms with Gasteiger partial charge in [-0.15, -0.1) is 0 Å². The SMILES string of the molecule is CCCN1C[C@@H]2CC[C@H]1CN(C(=O)c1cccc(C(C)=O)c1)C2. The molecule has 4 nitrogen and oxygen atoms in total. The standard InChI is InChI=1S/C19H26N2O2/c1-3-9-20-11-15-7-8-18(20)13-21(12-15)19(23)17-6-4-5-16(10-17)14(2)22/h4-6,10,15,18H,3,7-9,11-13H2,1-2H3/t15-,18-/m0/s1. The molecule has 3 aliphatic rings. The summed E-state index contributed by atoms with van der Waals surface area (Å²) < 4.78 is 0. The number of carbonyl (C=O) groups is 2. The summed E-state index contributed by atoms with van der Waals surface area (Å²) in [5, 5.41) is 0. The number of hydrogen-bond donors (Lipinski definition) is 0. The first-order valence-electron chi connectivity index (χ1n) is 8.72. The topological polar surface area (TPSA) is 40.6 Å². The molecule has 1 amide bonds. The highest BCUT2D eigenvalue weighted by atomic mass is 16.2. The summed E-state index contributed by atoms with van der Waals surface area (Å²) >= 11 is 0. The summed E-state index contributed by atoms with van der Waals surface area (Å²) in [5.74, 6) is 0.660. The molecule has 0 spiro atoms. The minimum Gasteiger partial charge on any atom is -0.337 e. The van der Waals surface area contributed by atoms with Crippen LogP contribution < -0.4 is 0 Å². The fourth-order valence-electron chi connectivity index (χ4n) is 3.96. The van der Waals surface area contributed by atoms with E-state index in [1.165, 1.54) is 12.8 Å². The van der Waals surface area contributed by atoms with E-state index in [0.29, 0.717) is 23.1 Å². The van der Waals surface area contributed by atoms with E-state index in [2.05, 4.69) is 11.8 Å². The Labute approximate surface area is 138 Å². The molecule has 3 heterocycles. The van der Waals surface area contributed by atoms with Crippen molar-refractivity contribution in [2.24, 2.45) is 5.92 Å². The Morgan fingerprint density at radius 3 is 2.65 bits per heavy atom. The van der Waals surface area contributed by atoms with Crippen LogP contribution in [-0.4, -0.2) is 53.7 Å². The molecule has 0 radical (unpaired) electrons. The maximum Gasteiger partial charge on any atom is 0.253 e. The number of hydrogen-bond acceptors (Lipinski definition) is 3. The smallest absolute Gasteiger partial charge is 0.253 e. The monoisotopic (exact) mass is 314 g/mol. The van der Waals surface area contributed by atoms with Gasteiger partial charge < -0.3 is 4.90 Å². The van der Waals surface area contributed by atoms with Gasteiger partial charge in [-0.05, 0) is 50.8 Å². The van der Waals surface area contributed by atoms with Gasteiger partial charge in [-0.3, -0.25) is 14.5 Å². The zero-order chi connectivity index (χ0) is 16.4. The predicted octanol–water partition coefficient (Wildman–Crippen LogP) is 2.84. The molecule has 1 aromatic carbocycles. The number of rotatable bonds is 4. The van der Waals surface area contributed by atoms with Gasteiger partial charge in [-0.25, -0.2) is 0 Å². The molecule has 1 aromatic rings. The fraction of sp³-hybridized carbons (Fsp3) is 0.579. The molecule has 4 rings (SSSR count). The van der Waals surface area contributed by atoms with Gasteiger partial charge in [0.25, 0.3) is 5.91 Å². The van der Waals surface area contributed by atoms with Crippen molar-refractivity contribution in [3.05, 3.63) is 35.4 Å². The summed E-state index contributed by atoms with van der Waals surface area (Å²) in [7, 11) is 0. The molecular weight excluding hydrogens is 288 g/mol. The molecular formula is C19H26N2O2. The highest BCUT2D eigenvalue weighted by molar-refractivity contribution is 5.99. The number of nitrogens with zero attached hydrogens (tertiary/aromatic N) is 2. The zero-order valence-corrected chi connectivity index (χ0v) is 14.1. The lowest BCUT2D eigenvalue weighted by Crippen LogP contribution is -2.44. The molecule has 0 unspecified atom stereocenters. The third kappa shape index (κ3) is 3.47. The van der Waals surface area contributed by atoms with E-state index in [1.54, 1.807) is 25.1 Å². The average Bonchev–Trinajstić information content (AvgIpc) is 2.86. The Morgan fingerprint density at radius 1 is 1.13 bits per heavy atom. The summed E-state index contributed by atoms with van der Waals surface area (Å²) in [6.07, 6.45) is 3.59. The number of Topliss-reactive ketones (excluding diaryl/α,β-unsaturated/α-hetero) is 1. The van der Waals surface area contributed by atoms with Crippen molar-refractivity contribution >= 4 is 11.7 Å². The van der Waals surface area contributed by atoms with Gasteiger partial charge in [0.1, 0.15) is 0 Å². The van der Waals surface area contributed by atoms with Gasteiger partial charge in [0.05, 0.1) is 0 Å². The van der Waals surface area contributed by atoms with Gasteiger partial charge >= 0.3 is 0 Å².